The van der Waals surface area contributed by atoms with Gasteiger partial charge < -0.3 is 10.2 Å². The molecule has 0 radical (unpaired) electrons. The lowest BCUT2D eigenvalue weighted by molar-refractivity contribution is -0.300. The molecule has 25 heavy (non-hydrogen) atoms. The number of hydrogen-bond acceptors (Lipinski definition) is 4. The van der Waals surface area contributed by atoms with E-state index in [9.17, 15) is 9.90 Å². The second kappa shape index (κ2) is 13.8. The highest BCUT2D eigenvalue weighted by Gasteiger charge is 2.31. The second-order valence-corrected chi connectivity index (χ2v) is 6.37. The lowest BCUT2D eigenvalue weighted by Gasteiger charge is -2.14. The van der Waals surface area contributed by atoms with E-state index in [1.165, 1.54) is 0 Å². The van der Waals surface area contributed by atoms with Gasteiger partial charge in [0.1, 0.15) is 12.2 Å². The van der Waals surface area contributed by atoms with Crippen molar-refractivity contribution in [2.75, 3.05) is 0 Å². The molecule has 1 aliphatic heterocycles. The number of unbranched alkanes of at least 4 members (excludes halogenated alkanes) is 3. The molecular weight excluding hydrogens is 320 g/mol. The normalized spacial score (nSPS) is 22.5. The van der Waals surface area contributed by atoms with Crippen molar-refractivity contribution in [3.63, 3.8) is 0 Å². The molecule has 5 heteroatoms. The number of aliphatic hydroxyl groups excluding tert-OH is 1. The van der Waals surface area contributed by atoms with E-state index in [2.05, 4.69) is 6.92 Å². The first kappa shape index (κ1) is 21.6. The second-order valence-electron chi connectivity index (χ2n) is 6.37. The first-order valence-electron chi connectivity index (χ1n) is 9.33. The van der Waals surface area contributed by atoms with Gasteiger partial charge in [-0.1, -0.05) is 62.6 Å². The van der Waals surface area contributed by atoms with Crippen molar-refractivity contribution in [3.05, 3.63) is 36.5 Å². The summed E-state index contributed by atoms with van der Waals surface area (Å²) in [7, 11) is 0. The van der Waals surface area contributed by atoms with Gasteiger partial charge in [-0.05, 0) is 25.7 Å². The molecule has 1 rings (SSSR count). The van der Waals surface area contributed by atoms with Gasteiger partial charge in [-0.15, -0.1) is 0 Å². The van der Waals surface area contributed by atoms with Crippen LogP contribution in [0.25, 0.3) is 0 Å². The highest BCUT2D eigenvalue weighted by molar-refractivity contribution is 5.66. The molecule has 0 aliphatic carbocycles. The summed E-state index contributed by atoms with van der Waals surface area (Å²) in [5.74, 6) is -0.743. The zero-order chi connectivity index (χ0) is 18.3. The molecule has 1 heterocycles. The van der Waals surface area contributed by atoms with Gasteiger partial charge in [-0.3, -0.25) is 4.79 Å². The summed E-state index contributed by atoms with van der Waals surface area (Å²) < 4.78 is 0. The van der Waals surface area contributed by atoms with Gasteiger partial charge in [0.2, 0.25) is 0 Å². The molecule has 0 amide bonds. The highest BCUT2D eigenvalue weighted by Crippen LogP contribution is 2.23. The van der Waals surface area contributed by atoms with E-state index in [4.69, 9.17) is 14.9 Å². The topological polar surface area (TPSA) is 76.0 Å². The average Bonchev–Trinajstić information content (AvgIpc) is 3.05. The molecule has 0 unspecified atom stereocenters. The first-order valence-corrected chi connectivity index (χ1v) is 9.33. The summed E-state index contributed by atoms with van der Waals surface area (Å²) in [4.78, 5) is 20.8. The fourth-order valence-corrected chi connectivity index (χ4v) is 2.58. The maximum Gasteiger partial charge on any atom is 0.303 e. The smallest absolute Gasteiger partial charge is 0.303 e. The van der Waals surface area contributed by atoms with Crippen molar-refractivity contribution in [2.24, 2.45) is 0 Å². The van der Waals surface area contributed by atoms with Crippen LogP contribution in [0.5, 0.6) is 0 Å². The zero-order valence-electron chi connectivity index (χ0n) is 15.2. The molecule has 3 atom stereocenters. The van der Waals surface area contributed by atoms with Crippen LogP contribution in [-0.2, 0) is 14.6 Å². The van der Waals surface area contributed by atoms with Crippen LogP contribution >= 0.6 is 0 Å². The largest absolute Gasteiger partial charge is 0.481 e. The highest BCUT2D eigenvalue weighted by atomic mass is 17.2. The number of carboxylic acids is 1. The Balaban J connectivity index is 2.12. The number of aliphatic hydroxyl groups is 1. The monoisotopic (exact) mass is 352 g/mol. The average molecular weight is 352 g/mol. The van der Waals surface area contributed by atoms with Crippen LogP contribution in [0.15, 0.2) is 36.5 Å². The van der Waals surface area contributed by atoms with E-state index in [-0.39, 0.29) is 18.6 Å². The summed E-state index contributed by atoms with van der Waals surface area (Å²) in [6, 6.07) is 0. The number of allylic oxidation sites excluding steroid dienone is 5. The Labute approximate surface area is 151 Å². The van der Waals surface area contributed by atoms with Crippen molar-refractivity contribution >= 4 is 5.97 Å². The SMILES string of the molecule is CCCCC[C@@H](O)[C@H]1C[C@@H](/C=C/C=C\C/C=C\CCCC(=O)O)OO1. The van der Waals surface area contributed by atoms with Gasteiger partial charge in [0.05, 0.1) is 6.10 Å². The van der Waals surface area contributed by atoms with Crippen LogP contribution in [0.3, 0.4) is 0 Å². The standard InChI is InChI=1S/C20H32O5/c1-2-3-10-14-18(21)19-16-17(24-25-19)13-11-8-6-4-5-7-9-12-15-20(22)23/h5-8,11,13,17-19,21H,2-4,9-10,12,14-16H2,1H3,(H,22,23)/b7-5-,8-6-,13-11+/t17-,18-,19-/m1/s1. The van der Waals surface area contributed by atoms with Gasteiger partial charge in [0.15, 0.2) is 0 Å². The third-order valence-electron chi connectivity index (χ3n) is 4.07. The molecule has 2 N–H and O–H groups in total. The lowest BCUT2D eigenvalue weighted by Crippen LogP contribution is -2.25. The molecule has 142 valence electrons. The number of aliphatic carboxylic acids is 1. The molecule has 0 aromatic heterocycles. The molecule has 0 aromatic carbocycles. The molecule has 1 aliphatic rings. The Morgan fingerprint density at radius 2 is 2.00 bits per heavy atom. The van der Waals surface area contributed by atoms with Crippen LogP contribution in [-0.4, -0.2) is 34.5 Å². The maximum atomic E-state index is 10.4. The Hall–Kier alpha value is -1.43. The minimum atomic E-state index is -0.743. The molecule has 0 spiro atoms. The number of carbonyl (C=O) groups is 1. The van der Waals surface area contributed by atoms with Crippen molar-refractivity contribution in [3.8, 4) is 0 Å². The summed E-state index contributed by atoms with van der Waals surface area (Å²) >= 11 is 0. The van der Waals surface area contributed by atoms with Crippen LogP contribution in [0, 0.1) is 0 Å². The van der Waals surface area contributed by atoms with Crippen LogP contribution in [0.1, 0.15) is 64.7 Å². The van der Waals surface area contributed by atoms with Crippen molar-refractivity contribution in [1.29, 1.82) is 0 Å². The third-order valence-corrected chi connectivity index (χ3v) is 4.07. The summed E-state index contributed by atoms with van der Waals surface area (Å²) in [5.41, 5.74) is 0. The predicted molar refractivity (Wildman–Crippen MR) is 98.0 cm³/mol. The quantitative estimate of drug-likeness (QED) is 0.223. The minimum absolute atomic E-state index is 0.109. The number of carboxylic acid groups (broad SMARTS) is 1. The van der Waals surface area contributed by atoms with Crippen molar-refractivity contribution < 1.29 is 24.8 Å². The number of rotatable bonds is 13. The van der Waals surface area contributed by atoms with E-state index in [0.717, 1.165) is 38.5 Å². The van der Waals surface area contributed by atoms with Crippen LogP contribution in [0.4, 0.5) is 0 Å². The molecule has 1 saturated heterocycles. The van der Waals surface area contributed by atoms with Crippen LogP contribution < -0.4 is 0 Å². The van der Waals surface area contributed by atoms with E-state index >= 15 is 0 Å². The molecule has 0 saturated carbocycles. The van der Waals surface area contributed by atoms with Crippen molar-refractivity contribution in [1.82, 2.24) is 0 Å². The fraction of sp³-hybridized carbons (Fsp3) is 0.650. The first-order chi connectivity index (χ1) is 12.1. The van der Waals surface area contributed by atoms with E-state index in [1.807, 2.05) is 36.5 Å². The minimum Gasteiger partial charge on any atom is -0.481 e. The summed E-state index contributed by atoms with van der Waals surface area (Å²) in [6.07, 6.45) is 18.3. The van der Waals surface area contributed by atoms with E-state index in [1.54, 1.807) is 0 Å². The van der Waals surface area contributed by atoms with Gasteiger partial charge in [-0.25, -0.2) is 9.78 Å². The molecular formula is C20H32O5. The van der Waals surface area contributed by atoms with Gasteiger partial charge in [0.25, 0.3) is 0 Å². The molecule has 1 fully saturated rings. The molecule has 0 aromatic rings. The summed E-state index contributed by atoms with van der Waals surface area (Å²) in [6.45, 7) is 2.14. The zero-order valence-corrected chi connectivity index (χ0v) is 15.2. The van der Waals surface area contributed by atoms with Gasteiger partial charge in [0, 0.05) is 12.8 Å². The predicted octanol–water partition coefficient (Wildman–Crippen LogP) is 4.33. The Morgan fingerprint density at radius 1 is 1.16 bits per heavy atom. The lowest BCUT2D eigenvalue weighted by atomic mass is 10.0. The van der Waals surface area contributed by atoms with Gasteiger partial charge in [-0.2, -0.15) is 0 Å². The fourth-order valence-electron chi connectivity index (χ4n) is 2.58. The Morgan fingerprint density at radius 3 is 2.76 bits per heavy atom. The van der Waals surface area contributed by atoms with E-state index in [0.29, 0.717) is 12.8 Å². The van der Waals surface area contributed by atoms with Gasteiger partial charge >= 0.3 is 5.97 Å². The molecule has 5 nitrogen and oxygen atoms in total. The third kappa shape index (κ3) is 10.9. The summed E-state index contributed by atoms with van der Waals surface area (Å²) in [5, 5.41) is 18.6. The molecule has 0 bridgehead atoms. The maximum absolute atomic E-state index is 10.4. The Kier molecular flexibility index (Phi) is 11.9. The number of hydrogen-bond donors (Lipinski definition) is 2. The van der Waals surface area contributed by atoms with Crippen LogP contribution in [0.2, 0.25) is 0 Å². The Bertz CT molecular complexity index is 441. The van der Waals surface area contributed by atoms with E-state index < -0.39 is 12.1 Å². The van der Waals surface area contributed by atoms with Crippen molar-refractivity contribution in [2.45, 2.75) is 83.0 Å².